The topological polar surface area (TPSA) is 67.0 Å². The number of aromatic amines is 1. The molecule has 1 aliphatic rings. The van der Waals surface area contributed by atoms with Crippen LogP contribution in [0, 0.1) is 13.8 Å². The van der Waals surface area contributed by atoms with E-state index in [1.807, 2.05) is 44.2 Å². The zero-order valence-electron chi connectivity index (χ0n) is 11.6. The number of carbonyl (C=O) groups excluding carboxylic acids is 1. The van der Waals surface area contributed by atoms with E-state index in [1.54, 1.807) is 0 Å². The smallest absolute Gasteiger partial charge is 0.295 e. The summed E-state index contributed by atoms with van der Waals surface area (Å²) in [6.07, 6.45) is 0. The summed E-state index contributed by atoms with van der Waals surface area (Å²) >= 11 is 4.93. The standard InChI is InChI=1S/C15H13N3O2S/c1-8-11(9(2)18-17-8)12(10-6-4-3-5-7-10)13-14(19)16-15(21)20-13/h3-7H,1-2H3,(H,17,18)(H,16,19,21). The van der Waals surface area contributed by atoms with Gasteiger partial charge in [0.15, 0.2) is 0 Å². The van der Waals surface area contributed by atoms with Crippen molar-refractivity contribution in [2.45, 2.75) is 13.8 Å². The lowest BCUT2D eigenvalue weighted by Gasteiger charge is -2.10. The Morgan fingerprint density at radius 3 is 2.48 bits per heavy atom. The van der Waals surface area contributed by atoms with Gasteiger partial charge in [-0.25, -0.2) is 0 Å². The molecule has 1 fully saturated rings. The van der Waals surface area contributed by atoms with E-state index in [0.717, 1.165) is 22.5 Å². The number of nitrogens with one attached hydrogen (secondary N) is 2. The summed E-state index contributed by atoms with van der Waals surface area (Å²) < 4.78 is 5.43. The largest absolute Gasteiger partial charge is 0.425 e. The van der Waals surface area contributed by atoms with Crippen molar-refractivity contribution in [3.8, 4) is 0 Å². The lowest BCUT2D eigenvalue weighted by atomic mass is 9.95. The van der Waals surface area contributed by atoms with Gasteiger partial charge in [0, 0.05) is 16.8 Å². The summed E-state index contributed by atoms with van der Waals surface area (Å²) in [6, 6.07) is 9.58. The number of hydrogen-bond acceptors (Lipinski definition) is 4. The maximum absolute atomic E-state index is 12.1. The number of amides is 1. The molecule has 1 aliphatic heterocycles. The molecule has 0 saturated carbocycles. The Hall–Kier alpha value is -2.47. The first kappa shape index (κ1) is 13.5. The van der Waals surface area contributed by atoms with Crippen molar-refractivity contribution >= 4 is 28.9 Å². The number of thiocarbonyl (C=S) groups is 1. The fraction of sp³-hybridized carbons (Fsp3) is 0.133. The average molecular weight is 299 g/mol. The highest BCUT2D eigenvalue weighted by Crippen LogP contribution is 2.32. The fourth-order valence-corrected chi connectivity index (χ4v) is 2.57. The lowest BCUT2D eigenvalue weighted by molar-refractivity contribution is -0.116. The molecule has 0 bridgehead atoms. The van der Waals surface area contributed by atoms with E-state index >= 15 is 0 Å². The monoisotopic (exact) mass is 299 g/mol. The van der Waals surface area contributed by atoms with Crippen LogP contribution in [0.4, 0.5) is 0 Å². The number of aromatic nitrogens is 2. The Balaban J connectivity index is 2.30. The van der Waals surface area contributed by atoms with Crippen molar-refractivity contribution in [3.63, 3.8) is 0 Å². The predicted molar refractivity (Wildman–Crippen MR) is 82.4 cm³/mol. The molecule has 1 aromatic heterocycles. The number of hydrogen-bond donors (Lipinski definition) is 2. The quantitative estimate of drug-likeness (QED) is 0.659. The molecule has 0 aliphatic carbocycles. The average Bonchev–Trinajstić information content (AvgIpc) is 2.97. The predicted octanol–water partition coefficient (Wildman–Crippen LogP) is 2.22. The number of benzene rings is 1. The van der Waals surface area contributed by atoms with E-state index in [9.17, 15) is 4.79 Å². The number of carbonyl (C=O) groups is 1. The molecule has 0 atom stereocenters. The molecule has 2 N–H and O–H groups in total. The van der Waals surface area contributed by atoms with Gasteiger partial charge < -0.3 is 4.74 Å². The molecule has 5 nitrogen and oxygen atoms in total. The van der Waals surface area contributed by atoms with Gasteiger partial charge in [-0.05, 0) is 31.6 Å². The van der Waals surface area contributed by atoms with Gasteiger partial charge in [-0.1, -0.05) is 30.3 Å². The lowest BCUT2D eigenvalue weighted by Crippen LogP contribution is -2.18. The van der Waals surface area contributed by atoms with E-state index in [1.165, 1.54) is 0 Å². The van der Waals surface area contributed by atoms with Crippen LogP contribution in [0.1, 0.15) is 22.5 Å². The molecule has 0 radical (unpaired) electrons. The molecule has 0 unspecified atom stereocenters. The van der Waals surface area contributed by atoms with E-state index in [0.29, 0.717) is 5.57 Å². The molecule has 2 aromatic rings. The molecule has 6 heteroatoms. The number of nitrogens with zero attached hydrogens (tertiary/aromatic N) is 1. The van der Waals surface area contributed by atoms with Gasteiger partial charge >= 0.3 is 0 Å². The van der Waals surface area contributed by atoms with Gasteiger partial charge in [0.2, 0.25) is 5.76 Å². The minimum atomic E-state index is -0.334. The van der Waals surface area contributed by atoms with Gasteiger partial charge in [0.1, 0.15) is 0 Å². The first-order chi connectivity index (χ1) is 10.1. The highest BCUT2D eigenvalue weighted by Gasteiger charge is 2.30. The van der Waals surface area contributed by atoms with Crippen molar-refractivity contribution in [3.05, 3.63) is 58.6 Å². The first-order valence-corrected chi connectivity index (χ1v) is 6.83. The van der Waals surface area contributed by atoms with Crippen LogP contribution in [-0.2, 0) is 9.53 Å². The van der Waals surface area contributed by atoms with Crippen LogP contribution >= 0.6 is 12.2 Å². The Morgan fingerprint density at radius 1 is 1.24 bits per heavy atom. The molecule has 1 saturated heterocycles. The normalized spacial score (nSPS) is 16.7. The first-order valence-electron chi connectivity index (χ1n) is 6.42. The summed E-state index contributed by atoms with van der Waals surface area (Å²) in [5.41, 5.74) is 4.09. The summed E-state index contributed by atoms with van der Waals surface area (Å²) in [5.74, 6) is -0.127. The zero-order valence-corrected chi connectivity index (χ0v) is 12.4. The summed E-state index contributed by atoms with van der Waals surface area (Å²) in [4.78, 5) is 12.1. The van der Waals surface area contributed by atoms with Gasteiger partial charge in [0.25, 0.3) is 11.1 Å². The number of ether oxygens (including phenoxy) is 1. The van der Waals surface area contributed by atoms with Crippen LogP contribution in [0.2, 0.25) is 0 Å². The van der Waals surface area contributed by atoms with Gasteiger partial charge in [0.05, 0.1) is 5.69 Å². The molecular weight excluding hydrogens is 286 g/mol. The summed E-state index contributed by atoms with van der Waals surface area (Å²) in [5, 5.41) is 9.70. The SMILES string of the molecule is Cc1n[nH]c(C)c1C(=C1OC(=S)NC1=O)c1ccccc1. The van der Waals surface area contributed by atoms with Gasteiger partial charge in [-0.15, -0.1) is 0 Å². The minimum absolute atomic E-state index is 0.0715. The van der Waals surface area contributed by atoms with E-state index in [2.05, 4.69) is 15.5 Å². The van der Waals surface area contributed by atoms with Crippen molar-refractivity contribution in [2.24, 2.45) is 0 Å². The van der Waals surface area contributed by atoms with Crippen molar-refractivity contribution in [1.29, 1.82) is 0 Å². The molecule has 1 amide bonds. The molecule has 3 rings (SSSR count). The second-order valence-electron chi connectivity index (χ2n) is 4.72. The summed E-state index contributed by atoms with van der Waals surface area (Å²) in [7, 11) is 0. The highest BCUT2D eigenvalue weighted by molar-refractivity contribution is 7.80. The van der Waals surface area contributed by atoms with Gasteiger partial charge in [-0.3, -0.25) is 15.2 Å². The Bertz CT molecular complexity index is 743. The second-order valence-corrected chi connectivity index (χ2v) is 5.09. The number of aryl methyl sites for hydroxylation is 2. The maximum Gasteiger partial charge on any atom is 0.295 e. The molecule has 0 spiro atoms. The molecule has 1 aromatic carbocycles. The van der Waals surface area contributed by atoms with E-state index in [-0.39, 0.29) is 16.8 Å². The van der Waals surface area contributed by atoms with Gasteiger partial charge in [-0.2, -0.15) is 5.10 Å². The van der Waals surface area contributed by atoms with Crippen LogP contribution in [0.3, 0.4) is 0 Å². The molecular formula is C15H13N3O2S. The molecule has 21 heavy (non-hydrogen) atoms. The Kier molecular flexibility index (Phi) is 3.31. The molecule has 106 valence electrons. The van der Waals surface area contributed by atoms with E-state index in [4.69, 9.17) is 17.0 Å². The third kappa shape index (κ3) is 2.34. The Labute approximate surface area is 127 Å². The van der Waals surface area contributed by atoms with E-state index < -0.39 is 0 Å². The van der Waals surface area contributed by atoms with Crippen LogP contribution < -0.4 is 5.32 Å². The third-order valence-electron chi connectivity index (χ3n) is 3.28. The highest BCUT2D eigenvalue weighted by atomic mass is 32.1. The maximum atomic E-state index is 12.1. The van der Waals surface area contributed by atoms with Crippen LogP contribution in [0.15, 0.2) is 36.1 Å². The van der Waals surface area contributed by atoms with Crippen molar-refractivity contribution < 1.29 is 9.53 Å². The number of H-pyrrole nitrogens is 1. The zero-order chi connectivity index (χ0) is 15.0. The Morgan fingerprint density at radius 2 is 1.95 bits per heavy atom. The van der Waals surface area contributed by atoms with Crippen LogP contribution in [-0.4, -0.2) is 21.3 Å². The molecule has 2 heterocycles. The van der Waals surface area contributed by atoms with Crippen molar-refractivity contribution in [2.75, 3.05) is 0 Å². The van der Waals surface area contributed by atoms with Crippen LogP contribution in [0.5, 0.6) is 0 Å². The van der Waals surface area contributed by atoms with Crippen LogP contribution in [0.25, 0.3) is 5.57 Å². The fourth-order valence-electron chi connectivity index (χ4n) is 2.39. The minimum Gasteiger partial charge on any atom is -0.425 e. The third-order valence-corrected chi connectivity index (χ3v) is 3.47. The van der Waals surface area contributed by atoms with Crippen molar-refractivity contribution in [1.82, 2.24) is 15.5 Å². The summed E-state index contributed by atoms with van der Waals surface area (Å²) in [6.45, 7) is 3.79. The second kappa shape index (κ2) is 5.14. The number of rotatable bonds is 2.